The molecular weight excluding hydrogens is 338 g/mol. The minimum absolute atomic E-state index is 0.00779. The number of aromatic nitrogens is 3. The number of carboxylic acids is 1. The molecule has 0 aromatic carbocycles. The molecule has 26 heavy (non-hydrogen) atoms. The number of carbonyl (C=O) groups excluding carboxylic acids is 2. The van der Waals surface area contributed by atoms with Gasteiger partial charge in [0.1, 0.15) is 25.2 Å². The van der Waals surface area contributed by atoms with Crippen molar-refractivity contribution >= 4 is 17.8 Å². The maximum atomic E-state index is 12.6. The number of rotatable bonds is 4. The van der Waals surface area contributed by atoms with E-state index < -0.39 is 12.0 Å². The monoisotopic (exact) mass is 361 g/mol. The standard InChI is InChI=1S/C17H23N5O4/c23-14(8-21-11-18-10-19-21)22-9-17(7-13(22)16(25)26)3-5-20(6-4-17)15(24)12-1-2-12/h10-13H,1-9H2,(H,25,26)/t13-/m1/s1. The van der Waals surface area contributed by atoms with Gasteiger partial charge < -0.3 is 14.9 Å². The molecule has 9 nitrogen and oxygen atoms in total. The minimum atomic E-state index is -0.967. The Morgan fingerprint density at radius 3 is 2.50 bits per heavy atom. The van der Waals surface area contributed by atoms with Crippen molar-refractivity contribution in [3.8, 4) is 0 Å². The summed E-state index contributed by atoms with van der Waals surface area (Å²) in [5.74, 6) is -0.770. The van der Waals surface area contributed by atoms with Crippen LogP contribution in [0.4, 0.5) is 0 Å². The van der Waals surface area contributed by atoms with Crippen LogP contribution >= 0.6 is 0 Å². The summed E-state index contributed by atoms with van der Waals surface area (Å²) in [5.41, 5.74) is -0.207. The van der Waals surface area contributed by atoms with Crippen molar-refractivity contribution in [2.24, 2.45) is 11.3 Å². The molecule has 2 aliphatic heterocycles. The molecule has 3 heterocycles. The van der Waals surface area contributed by atoms with Crippen molar-refractivity contribution in [2.45, 2.75) is 44.7 Å². The molecule has 1 spiro atoms. The Labute approximate surface area is 151 Å². The normalized spacial score (nSPS) is 24.8. The number of carbonyl (C=O) groups is 3. The van der Waals surface area contributed by atoms with Crippen LogP contribution < -0.4 is 0 Å². The smallest absolute Gasteiger partial charge is 0.326 e. The van der Waals surface area contributed by atoms with Gasteiger partial charge in [-0.25, -0.2) is 14.5 Å². The molecule has 0 radical (unpaired) electrons. The summed E-state index contributed by atoms with van der Waals surface area (Å²) in [5, 5.41) is 13.5. The van der Waals surface area contributed by atoms with Crippen LogP contribution in [-0.4, -0.2) is 73.1 Å². The summed E-state index contributed by atoms with van der Waals surface area (Å²) >= 11 is 0. The van der Waals surface area contributed by atoms with E-state index in [1.807, 2.05) is 4.90 Å². The van der Waals surface area contributed by atoms with E-state index in [1.54, 1.807) is 0 Å². The number of hydrogen-bond donors (Lipinski definition) is 1. The average molecular weight is 361 g/mol. The third kappa shape index (κ3) is 3.17. The van der Waals surface area contributed by atoms with E-state index in [0.29, 0.717) is 26.1 Å². The number of carboxylic acid groups (broad SMARTS) is 1. The van der Waals surface area contributed by atoms with Gasteiger partial charge in [-0.15, -0.1) is 0 Å². The molecule has 2 saturated heterocycles. The number of likely N-dealkylation sites (tertiary alicyclic amines) is 2. The molecular formula is C17H23N5O4. The summed E-state index contributed by atoms with van der Waals surface area (Å²) in [6.07, 6.45) is 6.74. The lowest BCUT2D eigenvalue weighted by molar-refractivity contribution is -0.148. The van der Waals surface area contributed by atoms with E-state index in [-0.39, 0.29) is 29.7 Å². The first-order valence-electron chi connectivity index (χ1n) is 9.11. The lowest BCUT2D eigenvalue weighted by Crippen LogP contribution is -2.45. The molecule has 4 rings (SSSR count). The minimum Gasteiger partial charge on any atom is -0.480 e. The summed E-state index contributed by atoms with van der Waals surface area (Å²) in [6, 6.07) is -0.809. The van der Waals surface area contributed by atoms with Gasteiger partial charge in [-0.05, 0) is 37.5 Å². The fourth-order valence-electron chi connectivity index (χ4n) is 4.24. The maximum absolute atomic E-state index is 12.6. The molecule has 3 aliphatic rings. The van der Waals surface area contributed by atoms with Gasteiger partial charge in [0, 0.05) is 25.6 Å². The topological polar surface area (TPSA) is 109 Å². The van der Waals surface area contributed by atoms with E-state index >= 15 is 0 Å². The zero-order chi connectivity index (χ0) is 18.3. The van der Waals surface area contributed by atoms with E-state index in [9.17, 15) is 19.5 Å². The Bertz CT molecular complexity index is 707. The Morgan fingerprint density at radius 2 is 1.92 bits per heavy atom. The van der Waals surface area contributed by atoms with Crippen LogP contribution in [0.3, 0.4) is 0 Å². The lowest BCUT2D eigenvalue weighted by Gasteiger charge is -2.39. The van der Waals surface area contributed by atoms with Gasteiger partial charge in [-0.3, -0.25) is 9.59 Å². The molecule has 0 bridgehead atoms. The average Bonchev–Trinajstić information content (AvgIpc) is 3.23. The Balaban J connectivity index is 1.43. The summed E-state index contributed by atoms with van der Waals surface area (Å²) in [7, 11) is 0. The summed E-state index contributed by atoms with van der Waals surface area (Å²) in [4.78, 5) is 43.8. The first-order valence-corrected chi connectivity index (χ1v) is 9.11. The largest absolute Gasteiger partial charge is 0.480 e. The third-order valence-electron chi connectivity index (χ3n) is 5.94. The predicted molar refractivity (Wildman–Crippen MR) is 88.7 cm³/mol. The zero-order valence-electron chi connectivity index (χ0n) is 14.6. The Kier molecular flexibility index (Phi) is 4.16. The van der Waals surface area contributed by atoms with Crippen LogP contribution in [0.25, 0.3) is 0 Å². The highest BCUT2D eigenvalue weighted by Crippen LogP contribution is 2.44. The second-order valence-electron chi connectivity index (χ2n) is 7.77. The lowest BCUT2D eigenvalue weighted by atomic mass is 9.76. The van der Waals surface area contributed by atoms with Crippen molar-refractivity contribution in [3.05, 3.63) is 12.7 Å². The van der Waals surface area contributed by atoms with Crippen molar-refractivity contribution in [1.29, 1.82) is 0 Å². The van der Waals surface area contributed by atoms with E-state index in [0.717, 1.165) is 25.7 Å². The fraction of sp³-hybridized carbons (Fsp3) is 0.706. The summed E-state index contributed by atoms with van der Waals surface area (Å²) < 4.78 is 1.41. The second kappa shape index (κ2) is 6.37. The fourth-order valence-corrected chi connectivity index (χ4v) is 4.24. The number of piperidine rings is 1. The van der Waals surface area contributed by atoms with Gasteiger partial charge in [-0.1, -0.05) is 0 Å². The second-order valence-corrected chi connectivity index (χ2v) is 7.77. The van der Waals surface area contributed by atoms with Crippen LogP contribution in [0.15, 0.2) is 12.7 Å². The molecule has 1 aromatic rings. The van der Waals surface area contributed by atoms with Crippen LogP contribution in [0.5, 0.6) is 0 Å². The van der Waals surface area contributed by atoms with Crippen LogP contribution in [-0.2, 0) is 20.9 Å². The molecule has 1 N–H and O–H groups in total. The number of amides is 2. The van der Waals surface area contributed by atoms with Crippen molar-refractivity contribution < 1.29 is 19.5 Å². The van der Waals surface area contributed by atoms with Crippen LogP contribution in [0, 0.1) is 11.3 Å². The number of aliphatic carboxylic acids is 1. The van der Waals surface area contributed by atoms with E-state index in [1.165, 1.54) is 22.2 Å². The molecule has 2 amide bonds. The first kappa shape index (κ1) is 17.0. The SMILES string of the molecule is O=C(O)[C@H]1CC2(CCN(C(=O)C3CC3)CC2)CN1C(=O)Cn1cncn1. The molecule has 1 aliphatic carbocycles. The highest BCUT2D eigenvalue weighted by molar-refractivity contribution is 5.84. The van der Waals surface area contributed by atoms with E-state index in [4.69, 9.17) is 0 Å². The molecule has 9 heteroatoms. The molecule has 1 saturated carbocycles. The van der Waals surface area contributed by atoms with Gasteiger partial charge in [0.15, 0.2) is 0 Å². The number of hydrogen-bond acceptors (Lipinski definition) is 5. The van der Waals surface area contributed by atoms with Crippen LogP contribution in [0.2, 0.25) is 0 Å². The predicted octanol–water partition coefficient (Wildman–Crippen LogP) is -0.0176. The van der Waals surface area contributed by atoms with E-state index in [2.05, 4.69) is 10.1 Å². The molecule has 140 valence electrons. The van der Waals surface area contributed by atoms with Gasteiger partial charge in [-0.2, -0.15) is 5.10 Å². The maximum Gasteiger partial charge on any atom is 0.326 e. The van der Waals surface area contributed by atoms with Gasteiger partial charge >= 0.3 is 5.97 Å². The van der Waals surface area contributed by atoms with Crippen molar-refractivity contribution in [1.82, 2.24) is 24.6 Å². The molecule has 0 unspecified atom stereocenters. The van der Waals surface area contributed by atoms with Crippen molar-refractivity contribution in [2.75, 3.05) is 19.6 Å². The highest BCUT2D eigenvalue weighted by atomic mass is 16.4. The molecule has 3 fully saturated rings. The third-order valence-corrected chi connectivity index (χ3v) is 5.94. The van der Waals surface area contributed by atoms with Crippen LogP contribution in [0.1, 0.15) is 32.1 Å². The van der Waals surface area contributed by atoms with Gasteiger partial charge in [0.25, 0.3) is 0 Å². The van der Waals surface area contributed by atoms with Crippen molar-refractivity contribution in [3.63, 3.8) is 0 Å². The quantitative estimate of drug-likeness (QED) is 0.807. The molecule has 1 atom stereocenters. The Hall–Kier alpha value is -2.45. The summed E-state index contributed by atoms with van der Waals surface area (Å²) in [6.45, 7) is 1.74. The zero-order valence-corrected chi connectivity index (χ0v) is 14.6. The first-order chi connectivity index (χ1) is 12.5. The molecule has 1 aromatic heterocycles. The van der Waals surface area contributed by atoms with Gasteiger partial charge in [0.2, 0.25) is 11.8 Å². The number of nitrogens with zero attached hydrogens (tertiary/aromatic N) is 5. The Morgan fingerprint density at radius 1 is 1.19 bits per heavy atom. The van der Waals surface area contributed by atoms with Gasteiger partial charge in [0.05, 0.1) is 0 Å². The highest BCUT2D eigenvalue weighted by Gasteiger charge is 2.50.